The van der Waals surface area contributed by atoms with Gasteiger partial charge in [-0.25, -0.2) is 0 Å². The highest BCUT2D eigenvalue weighted by molar-refractivity contribution is 5.99. The van der Waals surface area contributed by atoms with Crippen LogP contribution in [0.5, 0.6) is 5.75 Å². The Labute approximate surface area is 142 Å². The van der Waals surface area contributed by atoms with E-state index in [-0.39, 0.29) is 18.0 Å². The van der Waals surface area contributed by atoms with Crippen molar-refractivity contribution in [1.29, 1.82) is 0 Å². The van der Waals surface area contributed by atoms with Crippen LogP contribution >= 0.6 is 0 Å². The maximum Gasteiger partial charge on any atom is 0.244 e. The van der Waals surface area contributed by atoms with Crippen LogP contribution in [-0.4, -0.2) is 35.4 Å². The number of ether oxygens (including phenoxy) is 1. The van der Waals surface area contributed by atoms with Gasteiger partial charge < -0.3 is 9.64 Å². The minimum absolute atomic E-state index is 0.0743. The molecule has 0 aliphatic carbocycles. The van der Waals surface area contributed by atoms with Crippen LogP contribution in [0.15, 0.2) is 36.7 Å². The minimum atomic E-state index is -0.195. The van der Waals surface area contributed by atoms with E-state index >= 15 is 0 Å². The summed E-state index contributed by atoms with van der Waals surface area (Å²) in [5.74, 6) is 0.827. The molecule has 6 heteroatoms. The molecule has 2 heterocycles. The third kappa shape index (κ3) is 3.28. The maximum atomic E-state index is 13.0. The van der Waals surface area contributed by atoms with Crippen molar-refractivity contribution < 1.29 is 9.53 Å². The number of carbonyl (C=O) groups is 1. The van der Waals surface area contributed by atoms with Gasteiger partial charge in [0.2, 0.25) is 5.91 Å². The number of carbonyl (C=O) groups excluding carboxylic acids is 1. The van der Waals surface area contributed by atoms with Gasteiger partial charge >= 0.3 is 0 Å². The molecular formula is C18H24N4O2. The van der Waals surface area contributed by atoms with Gasteiger partial charge in [-0.1, -0.05) is 12.1 Å². The Kier molecular flexibility index (Phi) is 4.85. The molecule has 1 fully saturated rings. The summed E-state index contributed by atoms with van der Waals surface area (Å²) in [6, 6.07) is 7.54. The van der Waals surface area contributed by atoms with Gasteiger partial charge in [0, 0.05) is 31.4 Å². The number of benzene rings is 1. The molecule has 1 aliphatic heterocycles. The summed E-state index contributed by atoms with van der Waals surface area (Å²) in [5.41, 5.74) is 1.92. The van der Waals surface area contributed by atoms with Gasteiger partial charge in [-0.2, -0.15) is 5.10 Å². The van der Waals surface area contributed by atoms with Gasteiger partial charge in [0.25, 0.3) is 0 Å². The predicted octanol–water partition coefficient (Wildman–Crippen LogP) is 2.27. The molecule has 1 saturated heterocycles. The van der Waals surface area contributed by atoms with E-state index in [1.54, 1.807) is 11.8 Å². The predicted molar refractivity (Wildman–Crippen MR) is 93.1 cm³/mol. The smallest absolute Gasteiger partial charge is 0.244 e. The maximum absolute atomic E-state index is 13.0. The molecule has 128 valence electrons. The molecule has 0 saturated carbocycles. The number of amides is 1. The van der Waals surface area contributed by atoms with Gasteiger partial charge in [0.05, 0.1) is 25.0 Å². The van der Waals surface area contributed by atoms with E-state index in [0.29, 0.717) is 0 Å². The number of hydrogen-bond acceptors (Lipinski definition) is 4. The Morgan fingerprint density at radius 2 is 2.17 bits per heavy atom. The molecular weight excluding hydrogens is 304 g/mol. The number of para-hydroxylation sites is 2. The molecule has 24 heavy (non-hydrogen) atoms. The standard InChI is InChI=1S/C18H24N4O2/c1-13(14-11-19-21(2)12-14)20-15-7-6-10-22(18(15)23)16-8-4-5-9-17(16)24-3/h4-5,8-9,11-13,15,20H,6-7,10H2,1-3H3/t13-,15-/m1/s1. The number of aromatic nitrogens is 2. The van der Waals surface area contributed by atoms with Crippen LogP contribution in [0.2, 0.25) is 0 Å². The second-order valence-corrected chi connectivity index (χ2v) is 6.19. The fourth-order valence-electron chi connectivity index (χ4n) is 3.18. The second kappa shape index (κ2) is 7.05. The van der Waals surface area contributed by atoms with Gasteiger partial charge in [-0.3, -0.25) is 14.8 Å². The molecule has 2 atom stereocenters. The van der Waals surface area contributed by atoms with Crippen molar-refractivity contribution in [3.63, 3.8) is 0 Å². The lowest BCUT2D eigenvalue weighted by Crippen LogP contribution is -2.51. The van der Waals surface area contributed by atoms with Gasteiger partial charge in [0.15, 0.2) is 0 Å². The minimum Gasteiger partial charge on any atom is -0.495 e. The van der Waals surface area contributed by atoms with Crippen LogP contribution < -0.4 is 15.0 Å². The Bertz CT molecular complexity index is 713. The second-order valence-electron chi connectivity index (χ2n) is 6.19. The van der Waals surface area contributed by atoms with Crippen LogP contribution in [0.1, 0.15) is 31.4 Å². The molecule has 1 amide bonds. The van der Waals surface area contributed by atoms with Crippen molar-refractivity contribution in [2.75, 3.05) is 18.6 Å². The summed E-state index contributed by atoms with van der Waals surface area (Å²) in [6.07, 6.45) is 5.61. The first-order chi connectivity index (χ1) is 11.6. The highest BCUT2D eigenvalue weighted by atomic mass is 16.5. The van der Waals surface area contributed by atoms with Gasteiger partial charge in [0.1, 0.15) is 5.75 Å². The highest BCUT2D eigenvalue weighted by Crippen LogP contribution is 2.31. The summed E-state index contributed by atoms with van der Waals surface area (Å²) in [7, 11) is 3.53. The van der Waals surface area contributed by atoms with Gasteiger partial charge in [-0.05, 0) is 31.9 Å². The van der Waals surface area contributed by atoms with E-state index in [9.17, 15) is 4.79 Å². The number of methoxy groups -OCH3 is 1. The molecule has 1 aromatic heterocycles. The monoisotopic (exact) mass is 328 g/mol. The van der Waals surface area contributed by atoms with E-state index in [4.69, 9.17) is 4.74 Å². The average molecular weight is 328 g/mol. The Balaban J connectivity index is 1.75. The van der Waals surface area contributed by atoms with Crippen molar-refractivity contribution in [2.45, 2.75) is 31.8 Å². The topological polar surface area (TPSA) is 59.4 Å². The molecule has 3 rings (SSSR count). The van der Waals surface area contributed by atoms with Crippen LogP contribution in [0.4, 0.5) is 5.69 Å². The summed E-state index contributed by atoms with van der Waals surface area (Å²) >= 11 is 0. The molecule has 0 unspecified atom stereocenters. The average Bonchev–Trinajstić information content (AvgIpc) is 3.03. The first-order valence-electron chi connectivity index (χ1n) is 8.29. The summed E-state index contributed by atoms with van der Waals surface area (Å²) < 4.78 is 7.19. The van der Waals surface area contributed by atoms with Crippen molar-refractivity contribution >= 4 is 11.6 Å². The molecule has 6 nitrogen and oxygen atoms in total. The lowest BCUT2D eigenvalue weighted by atomic mass is 10.0. The van der Waals surface area contributed by atoms with E-state index in [1.165, 1.54) is 0 Å². The molecule has 0 spiro atoms. The largest absolute Gasteiger partial charge is 0.495 e. The van der Waals surface area contributed by atoms with Crippen molar-refractivity contribution in [3.8, 4) is 5.75 Å². The Hall–Kier alpha value is -2.34. The molecule has 2 aromatic rings. The van der Waals surface area contributed by atoms with Gasteiger partial charge in [-0.15, -0.1) is 0 Å². The van der Waals surface area contributed by atoms with Crippen molar-refractivity contribution in [2.24, 2.45) is 7.05 Å². The number of nitrogens with one attached hydrogen (secondary N) is 1. The van der Waals surface area contributed by atoms with E-state index in [1.807, 2.05) is 48.6 Å². The third-order valence-electron chi connectivity index (χ3n) is 4.49. The number of hydrogen-bond donors (Lipinski definition) is 1. The van der Waals surface area contributed by atoms with E-state index in [0.717, 1.165) is 36.4 Å². The third-order valence-corrected chi connectivity index (χ3v) is 4.49. The number of aryl methyl sites for hydroxylation is 1. The SMILES string of the molecule is COc1ccccc1N1CCC[C@@H](N[C@H](C)c2cnn(C)c2)C1=O. The van der Waals surface area contributed by atoms with Crippen molar-refractivity contribution in [1.82, 2.24) is 15.1 Å². The molecule has 1 aromatic carbocycles. The fourth-order valence-corrected chi connectivity index (χ4v) is 3.18. The van der Waals surface area contributed by atoms with Crippen LogP contribution in [0, 0.1) is 0 Å². The molecule has 0 radical (unpaired) electrons. The Morgan fingerprint density at radius 1 is 1.38 bits per heavy atom. The molecule has 1 aliphatic rings. The molecule has 0 bridgehead atoms. The highest BCUT2D eigenvalue weighted by Gasteiger charge is 2.32. The number of nitrogens with zero attached hydrogens (tertiary/aromatic N) is 3. The fraction of sp³-hybridized carbons (Fsp3) is 0.444. The first-order valence-corrected chi connectivity index (χ1v) is 8.29. The number of piperidine rings is 1. The lowest BCUT2D eigenvalue weighted by molar-refractivity contribution is -0.122. The Morgan fingerprint density at radius 3 is 2.88 bits per heavy atom. The zero-order chi connectivity index (χ0) is 17.1. The normalized spacial score (nSPS) is 19.4. The number of anilines is 1. The molecule has 1 N–H and O–H groups in total. The first kappa shape index (κ1) is 16.5. The zero-order valence-corrected chi connectivity index (χ0v) is 14.4. The van der Waals surface area contributed by atoms with Crippen LogP contribution in [0.3, 0.4) is 0 Å². The van der Waals surface area contributed by atoms with Crippen molar-refractivity contribution in [3.05, 3.63) is 42.2 Å². The van der Waals surface area contributed by atoms with Crippen LogP contribution in [-0.2, 0) is 11.8 Å². The summed E-state index contributed by atoms with van der Waals surface area (Å²) in [4.78, 5) is 14.8. The lowest BCUT2D eigenvalue weighted by Gasteiger charge is -2.34. The van der Waals surface area contributed by atoms with E-state index in [2.05, 4.69) is 17.3 Å². The zero-order valence-electron chi connectivity index (χ0n) is 14.4. The summed E-state index contributed by atoms with van der Waals surface area (Å²) in [5, 5.41) is 7.65. The van der Waals surface area contributed by atoms with E-state index < -0.39 is 0 Å². The number of rotatable bonds is 5. The van der Waals surface area contributed by atoms with Crippen LogP contribution in [0.25, 0.3) is 0 Å². The summed E-state index contributed by atoms with van der Waals surface area (Å²) in [6.45, 7) is 2.78. The quantitative estimate of drug-likeness (QED) is 0.915.